The molecule has 106 valence electrons. The quantitative estimate of drug-likeness (QED) is 0.638. The molecule has 0 saturated carbocycles. The molecule has 0 amide bonds. The Morgan fingerprint density at radius 2 is 1.57 bits per heavy atom. The second kappa shape index (κ2) is 5.47. The van der Waals surface area contributed by atoms with Crippen molar-refractivity contribution in [3.05, 3.63) is 52.5 Å². The highest BCUT2D eigenvalue weighted by atomic mass is 35.5. The third-order valence-electron chi connectivity index (χ3n) is 3.12. The summed E-state index contributed by atoms with van der Waals surface area (Å²) in [6, 6.07) is 11.2. The van der Waals surface area contributed by atoms with E-state index in [0.29, 0.717) is 5.56 Å². The first kappa shape index (κ1) is 14.0. The van der Waals surface area contributed by atoms with Crippen LogP contribution >= 0.6 is 23.2 Å². The maximum absolute atomic E-state index is 13.5. The van der Waals surface area contributed by atoms with Gasteiger partial charge in [-0.25, -0.2) is 14.4 Å². The molecule has 0 unspecified atom stereocenters. The van der Waals surface area contributed by atoms with Crippen molar-refractivity contribution < 1.29 is 9.13 Å². The maximum Gasteiger partial charge on any atom is 0.197 e. The van der Waals surface area contributed by atoms with Crippen molar-refractivity contribution in [3.8, 4) is 17.1 Å². The van der Waals surface area contributed by atoms with Gasteiger partial charge in [-0.05, 0) is 17.5 Å². The van der Waals surface area contributed by atoms with Crippen LogP contribution in [-0.4, -0.2) is 17.1 Å². The van der Waals surface area contributed by atoms with Crippen molar-refractivity contribution in [2.24, 2.45) is 0 Å². The van der Waals surface area contributed by atoms with E-state index in [9.17, 15) is 4.39 Å². The number of halogens is 3. The average molecular weight is 323 g/mol. The molecule has 0 aliphatic rings. The van der Waals surface area contributed by atoms with E-state index in [1.54, 1.807) is 19.2 Å². The molecule has 1 heterocycles. The van der Waals surface area contributed by atoms with Crippen molar-refractivity contribution in [2.45, 2.75) is 0 Å². The Balaban J connectivity index is 2.31. The summed E-state index contributed by atoms with van der Waals surface area (Å²) in [5, 5.41) is 1.17. The van der Waals surface area contributed by atoms with Gasteiger partial charge >= 0.3 is 0 Å². The van der Waals surface area contributed by atoms with Gasteiger partial charge in [-0.2, -0.15) is 0 Å². The van der Waals surface area contributed by atoms with Crippen LogP contribution in [0.25, 0.3) is 22.2 Å². The number of hydrogen-bond acceptors (Lipinski definition) is 3. The maximum atomic E-state index is 13.5. The minimum atomic E-state index is -0.820. The summed E-state index contributed by atoms with van der Waals surface area (Å²) in [6.07, 6.45) is 0. The lowest BCUT2D eigenvalue weighted by Crippen LogP contribution is -1.96. The summed E-state index contributed by atoms with van der Waals surface area (Å²) in [6.45, 7) is 0. The molecule has 3 aromatic rings. The van der Waals surface area contributed by atoms with E-state index < -0.39 is 5.82 Å². The van der Waals surface area contributed by atoms with Crippen molar-refractivity contribution in [1.82, 2.24) is 9.97 Å². The first-order valence-electron chi connectivity index (χ1n) is 6.06. The third-order valence-corrected chi connectivity index (χ3v) is 3.62. The Morgan fingerprint density at radius 1 is 0.952 bits per heavy atom. The standard InChI is InChI=1S/C15H9Cl2FN2O/c1-21-11-7-6-10(8-4-2-3-5-9(8)11)15-19-13(16)12(18)14(17)20-15/h2-7H,1H3. The number of methoxy groups -OCH3 is 1. The number of benzene rings is 2. The third kappa shape index (κ3) is 2.41. The van der Waals surface area contributed by atoms with Gasteiger partial charge in [0, 0.05) is 10.9 Å². The Hall–Kier alpha value is -1.91. The summed E-state index contributed by atoms with van der Waals surface area (Å²) in [4.78, 5) is 7.93. The van der Waals surface area contributed by atoms with Gasteiger partial charge in [0.05, 0.1) is 7.11 Å². The minimum absolute atomic E-state index is 0.269. The summed E-state index contributed by atoms with van der Waals surface area (Å²) in [5.74, 6) is 0.179. The highest BCUT2D eigenvalue weighted by Gasteiger charge is 2.15. The molecule has 21 heavy (non-hydrogen) atoms. The highest BCUT2D eigenvalue weighted by molar-refractivity contribution is 6.33. The number of aromatic nitrogens is 2. The minimum Gasteiger partial charge on any atom is -0.496 e. The second-order valence-electron chi connectivity index (χ2n) is 4.30. The number of ether oxygens (including phenoxy) is 1. The second-order valence-corrected chi connectivity index (χ2v) is 5.02. The number of nitrogens with zero attached hydrogens (tertiary/aromatic N) is 2. The lowest BCUT2D eigenvalue weighted by molar-refractivity contribution is 0.420. The Kier molecular flexibility index (Phi) is 3.66. The first-order valence-corrected chi connectivity index (χ1v) is 6.82. The molecule has 3 rings (SSSR count). The molecule has 0 saturated heterocycles. The van der Waals surface area contributed by atoms with Gasteiger partial charge in [0.15, 0.2) is 21.9 Å². The fourth-order valence-electron chi connectivity index (χ4n) is 2.16. The van der Waals surface area contributed by atoms with E-state index in [1.165, 1.54) is 0 Å². The van der Waals surface area contributed by atoms with Crippen molar-refractivity contribution in [2.75, 3.05) is 7.11 Å². The van der Waals surface area contributed by atoms with E-state index in [1.807, 2.05) is 24.3 Å². The summed E-state index contributed by atoms with van der Waals surface area (Å²) < 4.78 is 18.8. The van der Waals surface area contributed by atoms with Crippen LogP contribution in [0, 0.1) is 5.82 Å². The monoisotopic (exact) mass is 322 g/mol. The molecule has 2 aromatic carbocycles. The van der Waals surface area contributed by atoms with Gasteiger partial charge in [-0.1, -0.05) is 47.5 Å². The fraction of sp³-hybridized carbons (Fsp3) is 0.0667. The van der Waals surface area contributed by atoms with Crippen LogP contribution in [0.5, 0.6) is 5.75 Å². The molecule has 0 radical (unpaired) electrons. The van der Waals surface area contributed by atoms with E-state index in [4.69, 9.17) is 27.9 Å². The van der Waals surface area contributed by atoms with Gasteiger partial charge < -0.3 is 4.74 Å². The summed E-state index contributed by atoms with van der Waals surface area (Å²) in [7, 11) is 1.60. The normalized spacial score (nSPS) is 10.9. The van der Waals surface area contributed by atoms with Crippen LogP contribution in [0.3, 0.4) is 0 Å². The zero-order valence-electron chi connectivity index (χ0n) is 10.9. The fourth-order valence-corrected chi connectivity index (χ4v) is 2.55. The van der Waals surface area contributed by atoms with E-state index >= 15 is 0 Å². The molecule has 6 heteroatoms. The van der Waals surface area contributed by atoms with Gasteiger partial charge in [0.1, 0.15) is 5.75 Å². The molecule has 0 N–H and O–H groups in total. The SMILES string of the molecule is COc1ccc(-c2nc(Cl)c(F)c(Cl)n2)c2ccccc12. The number of rotatable bonds is 2. The van der Waals surface area contributed by atoms with Crippen molar-refractivity contribution in [1.29, 1.82) is 0 Å². The largest absolute Gasteiger partial charge is 0.496 e. The van der Waals surface area contributed by atoms with Crippen LogP contribution in [-0.2, 0) is 0 Å². The molecule has 3 nitrogen and oxygen atoms in total. The molecule has 0 aliphatic carbocycles. The van der Waals surface area contributed by atoms with Gasteiger partial charge in [-0.15, -0.1) is 0 Å². The molecule has 0 atom stereocenters. The zero-order valence-corrected chi connectivity index (χ0v) is 12.4. The summed E-state index contributed by atoms with van der Waals surface area (Å²) >= 11 is 11.5. The average Bonchev–Trinajstić information content (AvgIpc) is 2.51. The predicted molar refractivity (Wildman–Crippen MR) is 81.5 cm³/mol. The van der Waals surface area contributed by atoms with E-state index in [0.717, 1.165) is 16.5 Å². The van der Waals surface area contributed by atoms with Gasteiger partial charge in [0.2, 0.25) is 0 Å². The van der Waals surface area contributed by atoms with E-state index in [-0.39, 0.29) is 16.1 Å². The van der Waals surface area contributed by atoms with Crippen molar-refractivity contribution >= 4 is 34.0 Å². The number of fused-ring (bicyclic) bond motifs is 1. The van der Waals surface area contributed by atoms with E-state index in [2.05, 4.69) is 9.97 Å². The van der Waals surface area contributed by atoms with Crippen LogP contribution in [0.15, 0.2) is 36.4 Å². The number of hydrogen-bond donors (Lipinski definition) is 0. The summed E-state index contributed by atoms with van der Waals surface area (Å²) in [5.41, 5.74) is 0.704. The lowest BCUT2D eigenvalue weighted by atomic mass is 10.0. The zero-order chi connectivity index (χ0) is 15.0. The molecule has 1 aromatic heterocycles. The molecule has 0 aliphatic heterocycles. The highest BCUT2D eigenvalue weighted by Crippen LogP contribution is 2.34. The van der Waals surface area contributed by atoms with Gasteiger partial charge in [0.25, 0.3) is 0 Å². The molecular formula is C15H9Cl2FN2O. The molecular weight excluding hydrogens is 314 g/mol. The van der Waals surface area contributed by atoms with Crippen LogP contribution in [0.1, 0.15) is 0 Å². The first-order chi connectivity index (χ1) is 10.1. The van der Waals surface area contributed by atoms with Gasteiger partial charge in [-0.3, -0.25) is 0 Å². The molecule has 0 fully saturated rings. The van der Waals surface area contributed by atoms with Crippen molar-refractivity contribution in [3.63, 3.8) is 0 Å². The molecule has 0 bridgehead atoms. The Bertz CT molecular complexity index is 816. The lowest BCUT2D eigenvalue weighted by Gasteiger charge is -2.10. The predicted octanol–water partition coefficient (Wildman–Crippen LogP) is 4.75. The van der Waals surface area contributed by atoms with Crippen LogP contribution in [0.4, 0.5) is 4.39 Å². The Labute approximate surface area is 130 Å². The smallest absolute Gasteiger partial charge is 0.197 e. The van der Waals surface area contributed by atoms with Crippen LogP contribution in [0.2, 0.25) is 10.3 Å². The molecule has 0 spiro atoms. The van der Waals surface area contributed by atoms with Crippen LogP contribution < -0.4 is 4.74 Å². The Morgan fingerprint density at radius 3 is 2.19 bits per heavy atom. The topological polar surface area (TPSA) is 35.0 Å².